The average Bonchev–Trinajstić information content (AvgIpc) is 2.39. The van der Waals surface area contributed by atoms with Gasteiger partial charge in [-0.2, -0.15) is 0 Å². The largest absolute Gasteiger partial charge is 0.484 e. The highest BCUT2D eigenvalue weighted by atomic mass is 16.5. The van der Waals surface area contributed by atoms with Gasteiger partial charge in [0.15, 0.2) is 6.61 Å². The van der Waals surface area contributed by atoms with Crippen LogP contribution < -0.4 is 21.5 Å². The summed E-state index contributed by atoms with van der Waals surface area (Å²) in [4.78, 5) is 22.2. The van der Waals surface area contributed by atoms with E-state index in [1.165, 1.54) is 7.11 Å². The molecule has 0 saturated carbocycles. The third kappa shape index (κ3) is 4.94. The molecule has 0 aliphatic heterocycles. The van der Waals surface area contributed by atoms with Crippen LogP contribution in [-0.4, -0.2) is 38.2 Å². The minimum Gasteiger partial charge on any atom is -0.484 e. The zero-order valence-electron chi connectivity index (χ0n) is 10.6. The van der Waals surface area contributed by atoms with Gasteiger partial charge in [-0.3, -0.25) is 9.59 Å². The van der Waals surface area contributed by atoms with E-state index >= 15 is 0 Å². The Hall–Kier alpha value is -2.12. The first kappa shape index (κ1) is 14.9. The number of hydrogen-bond acceptors (Lipinski definition) is 5. The molecular weight excluding hydrogens is 250 g/mol. The van der Waals surface area contributed by atoms with Crippen LogP contribution in [0.4, 0.5) is 5.69 Å². The molecule has 0 aliphatic rings. The van der Waals surface area contributed by atoms with Crippen LogP contribution in [0, 0.1) is 0 Å². The van der Waals surface area contributed by atoms with E-state index in [9.17, 15) is 9.59 Å². The van der Waals surface area contributed by atoms with Gasteiger partial charge in [0.25, 0.3) is 11.8 Å². The highest BCUT2D eigenvalue weighted by Crippen LogP contribution is 2.15. The number of nitrogens with two attached hydrogens (primary N) is 2. The summed E-state index contributed by atoms with van der Waals surface area (Å²) in [5.41, 5.74) is 10.9. The van der Waals surface area contributed by atoms with Crippen LogP contribution >= 0.6 is 0 Å². The normalized spacial score (nSPS) is 11.7. The van der Waals surface area contributed by atoms with Gasteiger partial charge < -0.3 is 26.3 Å². The molecule has 1 rings (SSSR count). The molecule has 1 unspecified atom stereocenters. The first-order valence-corrected chi connectivity index (χ1v) is 5.61. The molecule has 0 aliphatic carbocycles. The number of hydrogen-bond donors (Lipinski definition) is 3. The Labute approximate surface area is 110 Å². The molecule has 7 nitrogen and oxygen atoms in total. The zero-order chi connectivity index (χ0) is 14.3. The van der Waals surface area contributed by atoms with Crippen LogP contribution in [0.15, 0.2) is 24.3 Å². The fraction of sp³-hybridized carbons (Fsp3) is 0.333. The third-order valence-corrected chi connectivity index (χ3v) is 2.29. The van der Waals surface area contributed by atoms with Gasteiger partial charge in [-0.25, -0.2) is 0 Å². The maximum Gasteiger partial charge on any atom is 0.255 e. The van der Waals surface area contributed by atoms with E-state index in [-0.39, 0.29) is 19.1 Å². The van der Waals surface area contributed by atoms with E-state index in [4.69, 9.17) is 20.9 Å². The Kier molecular flexibility index (Phi) is 5.77. The molecule has 1 atom stereocenters. The molecule has 0 spiro atoms. The van der Waals surface area contributed by atoms with E-state index in [1.54, 1.807) is 24.3 Å². The van der Waals surface area contributed by atoms with Gasteiger partial charge in [-0.15, -0.1) is 0 Å². The minimum atomic E-state index is -0.689. The highest BCUT2D eigenvalue weighted by molar-refractivity contribution is 5.94. The van der Waals surface area contributed by atoms with Crippen LogP contribution in [0.25, 0.3) is 0 Å². The zero-order valence-corrected chi connectivity index (χ0v) is 10.6. The standard InChI is InChI=1S/C12H17N3O4/c1-18-10(6-13)12(17)15-8-2-4-9(5-3-8)19-7-11(14)16/h2-5,10H,6-7,13H2,1H3,(H2,14,16)(H,15,17). The Morgan fingerprint density at radius 2 is 1.95 bits per heavy atom. The van der Waals surface area contributed by atoms with Gasteiger partial charge >= 0.3 is 0 Å². The summed E-state index contributed by atoms with van der Waals surface area (Å²) in [6.45, 7) is -0.0905. The molecule has 2 amide bonds. The maximum absolute atomic E-state index is 11.7. The fourth-order valence-corrected chi connectivity index (χ4v) is 1.32. The molecule has 0 radical (unpaired) electrons. The van der Waals surface area contributed by atoms with Gasteiger partial charge in [0, 0.05) is 19.3 Å². The number of amides is 2. The van der Waals surface area contributed by atoms with Crippen molar-refractivity contribution in [2.45, 2.75) is 6.10 Å². The lowest BCUT2D eigenvalue weighted by molar-refractivity contribution is -0.125. The molecular formula is C12H17N3O4. The summed E-state index contributed by atoms with van der Waals surface area (Å²) >= 11 is 0. The number of rotatable bonds is 7. The second-order valence-corrected chi connectivity index (χ2v) is 3.73. The molecule has 5 N–H and O–H groups in total. The molecule has 0 bridgehead atoms. The van der Waals surface area contributed by atoms with Crippen LogP contribution in [0.5, 0.6) is 5.75 Å². The summed E-state index contributed by atoms with van der Waals surface area (Å²) in [5.74, 6) is -0.391. The average molecular weight is 267 g/mol. The molecule has 7 heteroatoms. The van der Waals surface area contributed by atoms with Crippen molar-refractivity contribution in [2.24, 2.45) is 11.5 Å². The van der Waals surface area contributed by atoms with E-state index in [1.807, 2.05) is 0 Å². The fourth-order valence-electron chi connectivity index (χ4n) is 1.32. The first-order valence-electron chi connectivity index (χ1n) is 5.61. The van der Waals surface area contributed by atoms with Crippen LogP contribution in [0.2, 0.25) is 0 Å². The predicted molar refractivity (Wildman–Crippen MR) is 69.6 cm³/mol. The third-order valence-electron chi connectivity index (χ3n) is 2.29. The second kappa shape index (κ2) is 7.34. The van der Waals surface area contributed by atoms with Crippen LogP contribution in [0.1, 0.15) is 0 Å². The van der Waals surface area contributed by atoms with Crippen molar-refractivity contribution >= 4 is 17.5 Å². The maximum atomic E-state index is 11.7. The number of primary amides is 1. The first-order chi connectivity index (χ1) is 9.06. The lowest BCUT2D eigenvalue weighted by Gasteiger charge is -2.13. The number of nitrogens with one attached hydrogen (secondary N) is 1. The van der Waals surface area contributed by atoms with E-state index in [0.717, 1.165) is 0 Å². The molecule has 104 valence electrons. The van der Waals surface area contributed by atoms with Crippen molar-refractivity contribution in [1.29, 1.82) is 0 Å². The van der Waals surface area contributed by atoms with Crippen LogP contribution in [0.3, 0.4) is 0 Å². The topological polar surface area (TPSA) is 117 Å². The molecule has 1 aromatic carbocycles. The molecule has 19 heavy (non-hydrogen) atoms. The van der Waals surface area contributed by atoms with Crippen molar-refractivity contribution in [3.63, 3.8) is 0 Å². The van der Waals surface area contributed by atoms with Crippen LogP contribution in [-0.2, 0) is 14.3 Å². The molecule has 0 saturated heterocycles. The van der Waals surface area contributed by atoms with E-state index in [0.29, 0.717) is 11.4 Å². The summed E-state index contributed by atoms with van der Waals surface area (Å²) in [5, 5.41) is 2.64. The number of anilines is 1. The quantitative estimate of drug-likeness (QED) is 0.613. The second-order valence-electron chi connectivity index (χ2n) is 3.73. The smallest absolute Gasteiger partial charge is 0.255 e. The van der Waals surface area contributed by atoms with Crippen molar-refractivity contribution in [1.82, 2.24) is 0 Å². The van der Waals surface area contributed by atoms with Gasteiger partial charge in [0.1, 0.15) is 11.9 Å². The van der Waals surface area contributed by atoms with Crippen molar-refractivity contribution in [3.8, 4) is 5.75 Å². The number of carbonyl (C=O) groups excluding carboxylic acids is 2. The van der Waals surface area contributed by atoms with E-state index < -0.39 is 12.0 Å². The van der Waals surface area contributed by atoms with E-state index in [2.05, 4.69) is 5.32 Å². The monoisotopic (exact) mass is 267 g/mol. The number of methoxy groups -OCH3 is 1. The van der Waals surface area contributed by atoms with Gasteiger partial charge in [-0.05, 0) is 24.3 Å². The molecule has 0 heterocycles. The Morgan fingerprint density at radius 1 is 1.32 bits per heavy atom. The number of carbonyl (C=O) groups is 2. The molecule has 0 fully saturated rings. The lowest BCUT2D eigenvalue weighted by atomic mass is 10.2. The minimum absolute atomic E-state index is 0.0993. The summed E-state index contributed by atoms with van der Waals surface area (Å²) in [6, 6.07) is 6.50. The summed E-state index contributed by atoms with van der Waals surface area (Å²) in [7, 11) is 1.41. The Bertz CT molecular complexity index is 429. The highest BCUT2D eigenvalue weighted by Gasteiger charge is 2.15. The SMILES string of the molecule is COC(CN)C(=O)Nc1ccc(OCC(N)=O)cc1. The van der Waals surface area contributed by atoms with Crippen molar-refractivity contribution in [2.75, 3.05) is 25.6 Å². The number of benzene rings is 1. The lowest BCUT2D eigenvalue weighted by Crippen LogP contribution is -2.35. The Morgan fingerprint density at radius 3 is 2.42 bits per heavy atom. The molecule has 0 aromatic heterocycles. The summed E-state index contributed by atoms with van der Waals surface area (Å²) in [6.07, 6.45) is -0.689. The Balaban J connectivity index is 2.56. The van der Waals surface area contributed by atoms with Gasteiger partial charge in [0.05, 0.1) is 0 Å². The summed E-state index contributed by atoms with van der Waals surface area (Å²) < 4.78 is 9.99. The molecule has 1 aromatic rings. The predicted octanol–water partition coefficient (Wildman–Crippen LogP) is -0.537. The van der Waals surface area contributed by atoms with Gasteiger partial charge in [0.2, 0.25) is 0 Å². The van der Waals surface area contributed by atoms with Crippen molar-refractivity contribution in [3.05, 3.63) is 24.3 Å². The number of ether oxygens (including phenoxy) is 2. The van der Waals surface area contributed by atoms with Gasteiger partial charge in [-0.1, -0.05) is 0 Å². The van der Waals surface area contributed by atoms with Crippen molar-refractivity contribution < 1.29 is 19.1 Å².